The zero-order chi connectivity index (χ0) is 13.8. The molecule has 0 bridgehead atoms. The highest BCUT2D eigenvalue weighted by Crippen LogP contribution is 2.14. The Kier molecular flexibility index (Phi) is 4.61. The van der Waals surface area contributed by atoms with E-state index in [1.165, 1.54) is 0 Å². The van der Waals surface area contributed by atoms with Crippen LogP contribution in [0.4, 0.5) is 0 Å². The lowest BCUT2D eigenvalue weighted by atomic mass is 10.2. The quantitative estimate of drug-likeness (QED) is 0.823. The van der Waals surface area contributed by atoms with Crippen LogP contribution in [0.25, 0.3) is 0 Å². The molecule has 19 heavy (non-hydrogen) atoms. The molecule has 0 spiro atoms. The largest absolute Gasteiger partial charge is 0.469 e. The third kappa shape index (κ3) is 3.16. The van der Waals surface area contributed by atoms with Crippen molar-refractivity contribution < 1.29 is 13.9 Å². The minimum atomic E-state index is -0.157. The van der Waals surface area contributed by atoms with Gasteiger partial charge in [0.2, 0.25) is 5.91 Å². The lowest BCUT2D eigenvalue weighted by molar-refractivity contribution is -0.142. The van der Waals surface area contributed by atoms with Crippen LogP contribution in [0.3, 0.4) is 0 Å². The van der Waals surface area contributed by atoms with E-state index in [1.54, 1.807) is 11.2 Å². The third-order valence-electron chi connectivity index (χ3n) is 3.68. The van der Waals surface area contributed by atoms with Crippen molar-refractivity contribution in [3.05, 3.63) is 23.7 Å². The maximum atomic E-state index is 12.5. The van der Waals surface area contributed by atoms with Crippen LogP contribution >= 0.6 is 0 Å². The molecule has 1 amide bonds. The highest BCUT2D eigenvalue weighted by molar-refractivity contribution is 5.82. The molecule has 0 radical (unpaired) electrons. The fourth-order valence-electron chi connectivity index (χ4n) is 2.41. The minimum absolute atomic E-state index is 0.113. The minimum Gasteiger partial charge on any atom is -0.469 e. The number of likely N-dealkylation sites (N-methyl/N-ethyl adjacent to an activating group) is 2. The summed E-state index contributed by atoms with van der Waals surface area (Å²) in [5, 5.41) is 0. The zero-order valence-corrected chi connectivity index (χ0v) is 11.9. The highest BCUT2D eigenvalue weighted by atomic mass is 16.5. The number of ether oxygens (including phenoxy) is 1. The van der Waals surface area contributed by atoms with Gasteiger partial charge in [-0.25, -0.2) is 0 Å². The molecule has 106 valence electrons. The second kappa shape index (κ2) is 6.21. The summed E-state index contributed by atoms with van der Waals surface area (Å²) in [6, 6.07) is 1.75. The number of furan rings is 1. The molecule has 0 N–H and O–H groups in total. The summed E-state index contributed by atoms with van der Waals surface area (Å²) in [4.78, 5) is 16.4. The van der Waals surface area contributed by atoms with Crippen LogP contribution in [0.5, 0.6) is 0 Å². The predicted octanol–water partition coefficient (Wildman–Crippen LogP) is 1.27. The second-order valence-electron chi connectivity index (χ2n) is 4.92. The van der Waals surface area contributed by atoms with Gasteiger partial charge in [-0.05, 0) is 19.5 Å². The van der Waals surface area contributed by atoms with Gasteiger partial charge in [0, 0.05) is 25.7 Å². The molecule has 1 fully saturated rings. The van der Waals surface area contributed by atoms with Crippen LogP contribution < -0.4 is 0 Å². The Balaban J connectivity index is 2.00. The first-order valence-corrected chi connectivity index (χ1v) is 6.73. The Morgan fingerprint density at radius 2 is 2.37 bits per heavy atom. The summed E-state index contributed by atoms with van der Waals surface area (Å²) in [6.45, 7) is 7.46. The SMILES string of the molecule is CCN1CCOCC1C(=O)N(C)Cc1ccoc1C. The molecule has 5 nitrogen and oxygen atoms in total. The normalized spacial score (nSPS) is 20.5. The van der Waals surface area contributed by atoms with E-state index >= 15 is 0 Å². The Morgan fingerprint density at radius 3 is 3.00 bits per heavy atom. The van der Waals surface area contributed by atoms with Gasteiger partial charge in [0.1, 0.15) is 11.8 Å². The van der Waals surface area contributed by atoms with Gasteiger partial charge in [-0.1, -0.05) is 6.92 Å². The summed E-state index contributed by atoms with van der Waals surface area (Å²) >= 11 is 0. The van der Waals surface area contributed by atoms with Crippen LogP contribution in [0.15, 0.2) is 16.7 Å². The van der Waals surface area contributed by atoms with E-state index in [1.807, 2.05) is 20.0 Å². The summed E-state index contributed by atoms with van der Waals surface area (Å²) < 4.78 is 10.7. The number of amides is 1. The van der Waals surface area contributed by atoms with Gasteiger partial charge in [0.25, 0.3) is 0 Å². The van der Waals surface area contributed by atoms with E-state index < -0.39 is 0 Å². The molecule has 1 atom stereocenters. The molecule has 0 aliphatic carbocycles. The number of hydrogen-bond donors (Lipinski definition) is 0. The number of rotatable bonds is 4. The van der Waals surface area contributed by atoms with Crippen molar-refractivity contribution in [2.24, 2.45) is 0 Å². The smallest absolute Gasteiger partial charge is 0.242 e. The monoisotopic (exact) mass is 266 g/mol. The Bertz CT molecular complexity index is 430. The molecule has 1 unspecified atom stereocenters. The molecule has 1 aromatic rings. The Morgan fingerprint density at radius 1 is 1.58 bits per heavy atom. The first-order chi connectivity index (χ1) is 9.13. The molecule has 2 heterocycles. The van der Waals surface area contributed by atoms with Crippen LogP contribution in [-0.2, 0) is 16.1 Å². The standard InChI is InChI=1S/C14H22N2O3/c1-4-16-6-8-18-10-13(16)14(17)15(3)9-12-5-7-19-11(12)2/h5,7,13H,4,6,8-10H2,1-3H3. The van der Waals surface area contributed by atoms with Crippen LogP contribution in [0, 0.1) is 6.92 Å². The first-order valence-electron chi connectivity index (χ1n) is 6.73. The summed E-state index contributed by atoms with van der Waals surface area (Å²) in [5.41, 5.74) is 1.05. The average Bonchev–Trinajstić information content (AvgIpc) is 2.83. The van der Waals surface area contributed by atoms with Gasteiger partial charge in [0.15, 0.2) is 0 Å². The molecule has 1 aromatic heterocycles. The molecular weight excluding hydrogens is 244 g/mol. The summed E-state index contributed by atoms with van der Waals surface area (Å²) in [6.07, 6.45) is 1.66. The Hall–Kier alpha value is -1.33. The number of carbonyl (C=O) groups excluding carboxylic acids is 1. The lowest BCUT2D eigenvalue weighted by Gasteiger charge is -2.35. The van der Waals surface area contributed by atoms with E-state index in [0.717, 1.165) is 24.4 Å². The van der Waals surface area contributed by atoms with Gasteiger partial charge >= 0.3 is 0 Å². The van der Waals surface area contributed by atoms with E-state index in [9.17, 15) is 4.79 Å². The van der Waals surface area contributed by atoms with Crippen molar-refractivity contribution in [2.75, 3.05) is 33.4 Å². The number of morpholine rings is 1. The van der Waals surface area contributed by atoms with Crippen LogP contribution in [-0.4, -0.2) is 55.1 Å². The van der Waals surface area contributed by atoms with Crippen molar-refractivity contribution in [2.45, 2.75) is 26.4 Å². The highest BCUT2D eigenvalue weighted by Gasteiger charge is 2.30. The number of carbonyl (C=O) groups is 1. The average molecular weight is 266 g/mol. The van der Waals surface area contributed by atoms with Gasteiger partial charge in [-0.2, -0.15) is 0 Å². The van der Waals surface area contributed by atoms with E-state index in [2.05, 4.69) is 11.8 Å². The number of hydrogen-bond acceptors (Lipinski definition) is 4. The van der Waals surface area contributed by atoms with Gasteiger partial charge < -0.3 is 14.1 Å². The maximum Gasteiger partial charge on any atom is 0.242 e. The zero-order valence-electron chi connectivity index (χ0n) is 11.9. The van der Waals surface area contributed by atoms with Crippen LogP contribution in [0.1, 0.15) is 18.2 Å². The van der Waals surface area contributed by atoms with Gasteiger partial charge in [-0.3, -0.25) is 9.69 Å². The molecule has 5 heteroatoms. The fourth-order valence-corrected chi connectivity index (χ4v) is 2.41. The van der Waals surface area contributed by atoms with Gasteiger partial charge in [-0.15, -0.1) is 0 Å². The maximum absolute atomic E-state index is 12.5. The van der Waals surface area contributed by atoms with E-state index in [-0.39, 0.29) is 11.9 Å². The second-order valence-corrected chi connectivity index (χ2v) is 4.92. The van der Waals surface area contributed by atoms with Crippen molar-refractivity contribution in [3.8, 4) is 0 Å². The Labute approximate surface area is 114 Å². The molecule has 1 saturated heterocycles. The van der Waals surface area contributed by atoms with Crippen molar-refractivity contribution in [3.63, 3.8) is 0 Å². The summed E-state index contributed by atoms with van der Waals surface area (Å²) in [5.74, 6) is 0.981. The number of nitrogens with zero attached hydrogens (tertiary/aromatic N) is 2. The molecule has 2 rings (SSSR count). The van der Waals surface area contributed by atoms with Crippen molar-refractivity contribution in [1.82, 2.24) is 9.80 Å². The van der Waals surface area contributed by atoms with Crippen molar-refractivity contribution in [1.29, 1.82) is 0 Å². The topological polar surface area (TPSA) is 45.9 Å². The van der Waals surface area contributed by atoms with E-state index in [4.69, 9.17) is 9.15 Å². The van der Waals surface area contributed by atoms with Crippen molar-refractivity contribution >= 4 is 5.91 Å². The first kappa shape index (κ1) is 14.1. The molecule has 0 saturated carbocycles. The summed E-state index contributed by atoms with van der Waals surface area (Å²) in [7, 11) is 1.83. The molecule has 1 aliphatic rings. The fraction of sp³-hybridized carbons (Fsp3) is 0.643. The number of aryl methyl sites for hydroxylation is 1. The molecule has 0 aromatic carbocycles. The van der Waals surface area contributed by atoms with Gasteiger partial charge in [0.05, 0.1) is 19.5 Å². The third-order valence-corrected chi connectivity index (χ3v) is 3.68. The molecule has 1 aliphatic heterocycles. The van der Waals surface area contributed by atoms with E-state index in [0.29, 0.717) is 19.8 Å². The van der Waals surface area contributed by atoms with Crippen LogP contribution in [0.2, 0.25) is 0 Å². The molecular formula is C14H22N2O3. The lowest BCUT2D eigenvalue weighted by Crippen LogP contribution is -2.53. The predicted molar refractivity (Wildman–Crippen MR) is 71.8 cm³/mol.